The fraction of sp³-hybridized carbons (Fsp3) is 0.650. The number of halogens is 1. The highest BCUT2D eigenvalue weighted by Gasteiger charge is 2.31. The summed E-state index contributed by atoms with van der Waals surface area (Å²) >= 11 is 0. The van der Waals surface area contributed by atoms with Gasteiger partial charge in [0.1, 0.15) is 0 Å². The maximum atomic E-state index is 12.8. The van der Waals surface area contributed by atoms with E-state index in [1.807, 2.05) is 42.2 Å². The summed E-state index contributed by atoms with van der Waals surface area (Å²) in [6.45, 7) is 5.07. The Hall–Kier alpha value is -1.14. The van der Waals surface area contributed by atoms with E-state index in [1.54, 1.807) is 0 Å². The van der Waals surface area contributed by atoms with Crippen LogP contribution in [0.3, 0.4) is 0 Å². The molecule has 2 aliphatic heterocycles. The average molecular weight is 383 g/mol. The molecule has 5 nitrogen and oxygen atoms in total. The fourth-order valence-corrected chi connectivity index (χ4v) is 3.70. The lowest BCUT2D eigenvalue weighted by molar-refractivity contribution is -0.140. The van der Waals surface area contributed by atoms with Gasteiger partial charge in [0.25, 0.3) is 0 Å². The summed E-state index contributed by atoms with van der Waals surface area (Å²) in [6.07, 6.45) is 4.40. The molecule has 0 saturated carbocycles. The van der Waals surface area contributed by atoms with Crippen molar-refractivity contribution in [1.29, 1.82) is 0 Å². The minimum Gasteiger partial charge on any atom is -0.381 e. The third-order valence-corrected chi connectivity index (χ3v) is 5.42. The van der Waals surface area contributed by atoms with E-state index in [9.17, 15) is 4.79 Å². The number of nitrogens with zero attached hydrogens (tertiary/aromatic N) is 1. The monoisotopic (exact) mass is 382 g/mol. The Kier molecular flexibility index (Phi) is 8.35. The van der Waals surface area contributed by atoms with Crippen LogP contribution >= 0.6 is 12.4 Å². The van der Waals surface area contributed by atoms with Crippen molar-refractivity contribution in [2.75, 3.05) is 26.3 Å². The number of carbonyl (C=O) groups excluding carboxylic acids is 1. The van der Waals surface area contributed by atoms with E-state index in [4.69, 9.17) is 15.2 Å². The molecular weight excluding hydrogens is 352 g/mol. The first-order chi connectivity index (χ1) is 12.1. The van der Waals surface area contributed by atoms with Crippen molar-refractivity contribution >= 4 is 18.3 Å². The van der Waals surface area contributed by atoms with Crippen LogP contribution in [0, 0.1) is 5.92 Å². The van der Waals surface area contributed by atoms with Gasteiger partial charge in [-0.05, 0) is 31.2 Å². The third kappa shape index (κ3) is 5.43. The number of likely N-dealkylation sites (tertiary alicyclic amines) is 1. The molecule has 2 unspecified atom stereocenters. The summed E-state index contributed by atoms with van der Waals surface area (Å²) in [7, 11) is 0. The molecular formula is C20H31ClN2O3. The van der Waals surface area contributed by atoms with Crippen molar-refractivity contribution in [3.8, 4) is 0 Å². The highest BCUT2D eigenvalue weighted by molar-refractivity contribution is 5.85. The predicted octanol–water partition coefficient (Wildman–Crippen LogP) is 2.93. The van der Waals surface area contributed by atoms with Crippen LogP contribution in [0.25, 0.3) is 0 Å². The third-order valence-electron chi connectivity index (χ3n) is 5.42. The summed E-state index contributed by atoms with van der Waals surface area (Å²) in [5, 5.41) is 0. The lowest BCUT2D eigenvalue weighted by atomic mass is 9.93. The van der Waals surface area contributed by atoms with E-state index in [-0.39, 0.29) is 36.4 Å². The second-order valence-electron chi connectivity index (χ2n) is 7.20. The molecule has 1 aromatic carbocycles. The van der Waals surface area contributed by atoms with Gasteiger partial charge in [-0.1, -0.05) is 37.3 Å². The molecule has 2 atom stereocenters. The summed E-state index contributed by atoms with van der Waals surface area (Å²) in [4.78, 5) is 14.8. The van der Waals surface area contributed by atoms with Crippen molar-refractivity contribution in [2.24, 2.45) is 11.7 Å². The summed E-state index contributed by atoms with van der Waals surface area (Å²) in [6, 6.07) is 9.61. The van der Waals surface area contributed by atoms with Gasteiger partial charge in [0.2, 0.25) is 5.91 Å². The number of piperidine rings is 1. The Bertz CT molecular complexity index is 543. The Morgan fingerprint density at radius 1 is 1.12 bits per heavy atom. The number of amides is 1. The molecule has 2 heterocycles. The Morgan fingerprint density at radius 3 is 2.31 bits per heavy atom. The van der Waals surface area contributed by atoms with Crippen LogP contribution in [-0.2, 0) is 14.3 Å². The van der Waals surface area contributed by atoms with Crippen molar-refractivity contribution in [3.63, 3.8) is 0 Å². The zero-order valence-electron chi connectivity index (χ0n) is 15.5. The zero-order valence-corrected chi connectivity index (χ0v) is 16.3. The van der Waals surface area contributed by atoms with E-state index in [0.29, 0.717) is 6.10 Å². The Morgan fingerprint density at radius 2 is 1.69 bits per heavy atom. The molecule has 0 bridgehead atoms. The van der Waals surface area contributed by atoms with Crippen LogP contribution in [0.2, 0.25) is 0 Å². The quantitative estimate of drug-likeness (QED) is 0.850. The van der Waals surface area contributed by atoms with Crippen molar-refractivity contribution < 1.29 is 14.3 Å². The average Bonchev–Trinajstić information content (AvgIpc) is 2.68. The normalized spacial score (nSPS) is 21.7. The number of rotatable bonds is 5. The van der Waals surface area contributed by atoms with E-state index in [0.717, 1.165) is 57.6 Å². The molecule has 3 rings (SSSR count). The second-order valence-corrected chi connectivity index (χ2v) is 7.20. The number of hydrogen-bond acceptors (Lipinski definition) is 4. The van der Waals surface area contributed by atoms with Gasteiger partial charge < -0.3 is 20.1 Å². The number of benzene rings is 1. The molecule has 2 N–H and O–H groups in total. The number of carbonyl (C=O) groups is 1. The molecule has 146 valence electrons. The lowest BCUT2D eigenvalue weighted by Gasteiger charge is -2.36. The van der Waals surface area contributed by atoms with Crippen LogP contribution in [0.4, 0.5) is 0 Å². The molecule has 0 aromatic heterocycles. The van der Waals surface area contributed by atoms with Crippen LogP contribution in [-0.4, -0.2) is 49.3 Å². The largest absolute Gasteiger partial charge is 0.381 e. The van der Waals surface area contributed by atoms with Crippen LogP contribution in [0.15, 0.2) is 30.3 Å². The second kappa shape index (κ2) is 10.3. The Labute approximate surface area is 162 Å². The first-order valence-electron chi connectivity index (χ1n) is 9.47. The lowest BCUT2D eigenvalue weighted by Crippen LogP contribution is -2.46. The van der Waals surface area contributed by atoms with Crippen LogP contribution in [0.5, 0.6) is 0 Å². The molecule has 0 radical (unpaired) electrons. The van der Waals surface area contributed by atoms with Crippen molar-refractivity contribution in [1.82, 2.24) is 4.90 Å². The van der Waals surface area contributed by atoms with E-state index in [1.165, 1.54) is 0 Å². The SMILES string of the molecule is CC(C(=O)N1CCC(OC2CCOCC2)CC1)C(N)c1ccccc1.Cl. The molecule has 1 amide bonds. The number of hydrogen-bond donors (Lipinski definition) is 1. The molecule has 2 aliphatic rings. The minimum absolute atomic E-state index is 0. The summed E-state index contributed by atoms with van der Waals surface area (Å²) < 4.78 is 11.6. The van der Waals surface area contributed by atoms with Gasteiger partial charge >= 0.3 is 0 Å². The van der Waals surface area contributed by atoms with Crippen LogP contribution < -0.4 is 5.73 Å². The van der Waals surface area contributed by atoms with Gasteiger partial charge in [0.05, 0.1) is 18.1 Å². The van der Waals surface area contributed by atoms with Gasteiger partial charge in [0, 0.05) is 32.3 Å². The Balaban J connectivity index is 0.00000243. The standard InChI is InChI=1S/C20H30N2O3.ClH/c1-15(19(21)16-5-3-2-4-6-16)20(23)22-11-7-17(8-12-22)25-18-9-13-24-14-10-18;/h2-6,15,17-19H,7-14,21H2,1H3;1H. The summed E-state index contributed by atoms with van der Waals surface area (Å²) in [5.74, 6) is -0.0590. The highest BCUT2D eigenvalue weighted by Crippen LogP contribution is 2.24. The van der Waals surface area contributed by atoms with E-state index in [2.05, 4.69) is 0 Å². The number of ether oxygens (including phenoxy) is 2. The molecule has 1 aromatic rings. The first kappa shape index (κ1) is 21.2. The van der Waals surface area contributed by atoms with Gasteiger partial charge in [-0.25, -0.2) is 0 Å². The molecule has 26 heavy (non-hydrogen) atoms. The van der Waals surface area contributed by atoms with Gasteiger partial charge in [-0.15, -0.1) is 12.4 Å². The molecule has 0 spiro atoms. The smallest absolute Gasteiger partial charge is 0.227 e. The number of nitrogens with two attached hydrogens (primary N) is 1. The van der Waals surface area contributed by atoms with Crippen molar-refractivity contribution in [2.45, 2.75) is 50.9 Å². The zero-order chi connectivity index (χ0) is 17.6. The maximum Gasteiger partial charge on any atom is 0.227 e. The fourth-order valence-electron chi connectivity index (χ4n) is 3.70. The van der Waals surface area contributed by atoms with Crippen molar-refractivity contribution in [3.05, 3.63) is 35.9 Å². The topological polar surface area (TPSA) is 64.8 Å². The van der Waals surface area contributed by atoms with Gasteiger partial charge in [0.15, 0.2) is 0 Å². The molecule has 0 aliphatic carbocycles. The highest BCUT2D eigenvalue weighted by atomic mass is 35.5. The van der Waals surface area contributed by atoms with Gasteiger partial charge in [-0.3, -0.25) is 4.79 Å². The summed E-state index contributed by atoms with van der Waals surface area (Å²) in [5.41, 5.74) is 7.33. The van der Waals surface area contributed by atoms with Crippen LogP contribution in [0.1, 0.15) is 44.2 Å². The van der Waals surface area contributed by atoms with E-state index < -0.39 is 0 Å². The minimum atomic E-state index is -0.259. The predicted molar refractivity (Wildman–Crippen MR) is 104 cm³/mol. The molecule has 2 saturated heterocycles. The molecule has 6 heteroatoms. The first-order valence-corrected chi connectivity index (χ1v) is 9.47. The van der Waals surface area contributed by atoms with E-state index >= 15 is 0 Å². The van der Waals surface area contributed by atoms with Gasteiger partial charge in [-0.2, -0.15) is 0 Å². The maximum absolute atomic E-state index is 12.8. The molecule has 2 fully saturated rings.